The van der Waals surface area contributed by atoms with E-state index in [0.717, 1.165) is 0 Å². The van der Waals surface area contributed by atoms with E-state index in [4.69, 9.17) is 18.6 Å². The smallest absolute Gasteiger partial charge is 0.222 e. The van der Waals surface area contributed by atoms with E-state index in [1.165, 1.54) is 26.0 Å². The number of hydrogen-bond acceptors (Lipinski definition) is 6. The van der Waals surface area contributed by atoms with Gasteiger partial charge in [-0.15, -0.1) is 32.9 Å². The van der Waals surface area contributed by atoms with Gasteiger partial charge in [0.05, 0.1) is 0 Å². The summed E-state index contributed by atoms with van der Waals surface area (Å²) in [6.45, 7) is 0. The van der Waals surface area contributed by atoms with Gasteiger partial charge in [-0.3, -0.25) is 0 Å². The summed E-state index contributed by atoms with van der Waals surface area (Å²) in [6, 6.07) is 13.0. The Morgan fingerprint density at radius 1 is 0.880 bits per heavy atom. The Kier molecular flexibility index (Phi) is 5.45. The number of rotatable bonds is 2. The van der Waals surface area contributed by atoms with Crippen LogP contribution in [0.15, 0.2) is 59.6 Å². The van der Waals surface area contributed by atoms with Crippen LogP contribution in [0.25, 0.3) is 27.8 Å². The number of halogens is 1. The lowest BCUT2D eigenvalue weighted by atomic mass is 10.2. The third-order valence-corrected chi connectivity index (χ3v) is 5.13. The van der Waals surface area contributed by atoms with Gasteiger partial charge in [-0.1, -0.05) is 12.1 Å². The largest absolute Gasteiger partial charge is 0.229 e. The highest BCUT2D eigenvalue weighted by molar-refractivity contribution is 7.18. The van der Waals surface area contributed by atoms with Crippen LogP contribution < -0.4 is 23.0 Å². The molecule has 0 fully saturated rings. The summed E-state index contributed by atoms with van der Waals surface area (Å²) in [7, 11) is -4.94. The molecule has 0 aliphatic carbocycles. The highest BCUT2D eigenvalue weighted by atomic mass is 35.7. The van der Waals surface area contributed by atoms with Crippen molar-refractivity contribution in [2.24, 2.45) is 0 Å². The highest BCUT2D eigenvalue weighted by Crippen LogP contribution is 2.24. The van der Waals surface area contributed by atoms with Gasteiger partial charge < -0.3 is 0 Å². The molecule has 4 rings (SSSR count). The van der Waals surface area contributed by atoms with Gasteiger partial charge in [-0.05, 0) is 34.5 Å². The van der Waals surface area contributed by atoms with Gasteiger partial charge in [0.1, 0.15) is 4.70 Å². The minimum Gasteiger partial charge on any atom is -0.222 e. The lowest BCUT2D eigenvalue weighted by molar-refractivity contribution is -2.00. The Hall–Kier alpha value is -1.84. The van der Waals surface area contributed by atoms with Gasteiger partial charge in [-0.25, -0.2) is 18.6 Å². The number of nitrogens with zero attached hydrogens (tertiary/aromatic N) is 1. The van der Waals surface area contributed by atoms with E-state index in [-0.39, 0.29) is 0 Å². The first-order chi connectivity index (χ1) is 11.9. The molecule has 0 saturated heterocycles. The van der Waals surface area contributed by atoms with Crippen LogP contribution in [0.2, 0.25) is 0 Å². The molecule has 0 unspecified atom stereocenters. The first-order valence-electron chi connectivity index (χ1n) is 7.05. The van der Waals surface area contributed by atoms with Crippen LogP contribution in [-0.2, 0) is 0 Å². The third-order valence-electron chi connectivity index (χ3n) is 3.34. The van der Waals surface area contributed by atoms with Crippen LogP contribution in [0.4, 0.5) is 0 Å². The van der Waals surface area contributed by atoms with Crippen molar-refractivity contribution in [1.29, 1.82) is 0 Å². The van der Waals surface area contributed by atoms with Crippen LogP contribution in [-0.4, -0.2) is 0 Å². The van der Waals surface area contributed by atoms with Gasteiger partial charge in [0.15, 0.2) is 12.4 Å². The zero-order valence-corrected chi connectivity index (χ0v) is 15.1. The van der Waals surface area contributed by atoms with E-state index >= 15 is 0 Å². The quantitative estimate of drug-likeness (QED) is 0.452. The Bertz CT molecular complexity index is 1000. The molecule has 4 aromatic rings. The van der Waals surface area contributed by atoms with Crippen molar-refractivity contribution < 1.29 is 33.3 Å². The molecule has 0 N–H and O–H groups in total. The van der Waals surface area contributed by atoms with E-state index in [1.54, 1.807) is 22.7 Å². The van der Waals surface area contributed by atoms with E-state index in [2.05, 4.69) is 76.1 Å². The first kappa shape index (κ1) is 18.0. The topological polar surface area (TPSA) is 96.3 Å². The molecule has 5 nitrogen and oxygen atoms in total. The van der Waals surface area contributed by atoms with E-state index in [1.807, 2.05) is 0 Å². The Balaban J connectivity index is 0.000000324. The fraction of sp³-hybridized carbons (Fsp3) is 0. The van der Waals surface area contributed by atoms with E-state index < -0.39 is 10.2 Å². The maximum absolute atomic E-state index is 8.49. The van der Waals surface area contributed by atoms with Gasteiger partial charge in [-0.2, -0.15) is 4.40 Å². The molecule has 0 aliphatic rings. The minimum absolute atomic E-state index is 1.24. The maximum atomic E-state index is 8.49. The summed E-state index contributed by atoms with van der Waals surface area (Å²) in [4.78, 5) is 1.28. The van der Waals surface area contributed by atoms with Crippen molar-refractivity contribution in [3.05, 3.63) is 70.0 Å². The van der Waals surface area contributed by atoms with Crippen LogP contribution >= 0.6 is 22.7 Å². The molecule has 0 aliphatic heterocycles. The van der Waals surface area contributed by atoms with Gasteiger partial charge in [0.25, 0.3) is 0 Å². The summed E-state index contributed by atoms with van der Waals surface area (Å²) >= 11 is 3.56. The van der Waals surface area contributed by atoms with Crippen LogP contribution in [0.3, 0.4) is 0 Å². The molecule has 0 radical (unpaired) electrons. The second-order valence-electron chi connectivity index (χ2n) is 5.00. The summed E-state index contributed by atoms with van der Waals surface area (Å²) in [5, 5.41) is 5.57. The lowest BCUT2D eigenvalue weighted by Gasteiger charge is -2.17. The van der Waals surface area contributed by atoms with E-state index in [9.17, 15) is 0 Å². The average molecular weight is 394 g/mol. The Morgan fingerprint density at radius 2 is 1.64 bits per heavy atom. The molecular formula is C17H12ClNO4S2. The molecule has 8 heteroatoms. The summed E-state index contributed by atoms with van der Waals surface area (Å²) in [5.74, 6) is 0. The SMILES string of the molecule is C(=C\c1cccs1)/c1cc[n+]2ccc3ccsc3c2c1.[O-][Cl+3]([O-])([O-])[O-]. The van der Waals surface area contributed by atoms with Crippen molar-refractivity contribution in [2.45, 2.75) is 0 Å². The molecule has 0 aromatic carbocycles. The molecular weight excluding hydrogens is 382 g/mol. The number of pyridine rings is 2. The minimum atomic E-state index is -4.94. The number of aromatic nitrogens is 1. The predicted molar refractivity (Wildman–Crippen MR) is 88.2 cm³/mol. The van der Waals surface area contributed by atoms with Crippen molar-refractivity contribution >= 4 is 50.4 Å². The normalized spacial score (nSPS) is 11.8. The molecule has 25 heavy (non-hydrogen) atoms. The maximum Gasteiger partial charge on any atom is 0.229 e. The number of hydrogen-bond donors (Lipinski definition) is 0. The van der Waals surface area contributed by atoms with Crippen LogP contribution in [0, 0.1) is 10.2 Å². The van der Waals surface area contributed by atoms with Crippen molar-refractivity contribution in [2.75, 3.05) is 0 Å². The standard InChI is InChI=1S/C17H12NS2.ClHO4/c1-2-15(19-10-1)4-3-13-5-8-18-9-6-14-7-11-20-17(14)16(18)12-13;2-1(3,4)5/h1-12H;(H,2,3,4,5)/q+1;/p-1/b4-3+;. The molecule has 4 aromatic heterocycles. The molecule has 0 amide bonds. The first-order valence-corrected chi connectivity index (χ1v) is 10.0. The van der Waals surface area contributed by atoms with Gasteiger partial charge in [0, 0.05) is 28.5 Å². The highest BCUT2D eigenvalue weighted by Gasteiger charge is 2.08. The van der Waals surface area contributed by atoms with Crippen molar-refractivity contribution in [1.82, 2.24) is 0 Å². The Morgan fingerprint density at radius 3 is 2.36 bits per heavy atom. The van der Waals surface area contributed by atoms with Gasteiger partial charge in [0.2, 0.25) is 5.52 Å². The third kappa shape index (κ3) is 5.07. The molecule has 4 heterocycles. The predicted octanol–water partition coefficient (Wildman–Crippen LogP) is 0.116. The lowest BCUT2D eigenvalue weighted by Crippen LogP contribution is -2.68. The summed E-state index contributed by atoms with van der Waals surface area (Å²) in [6.07, 6.45) is 8.60. The van der Waals surface area contributed by atoms with Crippen LogP contribution in [0.1, 0.15) is 10.4 Å². The monoisotopic (exact) mass is 393 g/mol. The zero-order chi connectivity index (χ0) is 17.9. The zero-order valence-electron chi connectivity index (χ0n) is 12.7. The number of thiophene rings is 2. The Labute approximate surface area is 153 Å². The second kappa shape index (κ2) is 7.59. The molecule has 0 bridgehead atoms. The molecule has 0 spiro atoms. The fourth-order valence-corrected chi connectivity index (χ4v) is 3.85. The number of fused-ring (bicyclic) bond motifs is 3. The van der Waals surface area contributed by atoms with Crippen molar-refractivity contribution in [3.63, 3.8) is 0 Å². The summed E-state index contributed by atoms with van der Waals surface area (Å²) < 4.78 is 37.5. The fourth-order valence-electron chi connectivity index (χ4n) is 2.33. The average Bonchev–Trinajstić information content (AvgIpc) is 3.22. The summed E-state index contributed by atoms with van der Waals surface area (Å²) in [5.41, 5.74) is 2.50. The van der Waals surface area contributed by atoms with Crippen molar-refractivity contribution in [3.8, 4) is 0 Å². The van der Waals surface area contributed by atoms with Gasteiger partial charge >= 0.3 is 0 Å². The molecule has 128 valence electrons. The van der Waals surface area contributed by atoms with E-state index in [0.29, 0.717) is 0 Å². The van der Waals surface area contributed by atoms with Crippen LogP contribution in [0.5, 0.6) is 0 Å². The second-order valence-corrected chi connectivity index (χ2v) is 7.65. The molecule has 0 atom stereocenters. The molecule has 0 saturated carbocycles.